The molecule has 0 fully saturated rings. The zero-order valence-corrected chi connectivity index (χ0v) is 13.4. The Morgan fingerprint density at radius 1 is 1.23 bits per heavy atom. The molecule has 0 saturated heterocycles. The fourth-order valence-electron chi connectivity index (χ4n) is 1.64. The van der Waals surface area contributed by atoms with Crippen LogP contribution in [0.15, 0.2) is 46.8 Å². The van der Waals surface area contributed by atoms with Gasteiger partial charge < -0.3 is 9.83 Å². The van der Waals surface area contributed by atoms with Gasteiger partial charge in [-0.15, -0.1) is 22.7 Å². The van der Waals surface area contributed by atoms with Crippen molar-refractivity contribution in [1.82, 2.24) is 4.98 Å². The predicted octanol–water partition coefficient (Wildman–Crippen LogP) is 4.83. The molecule has 2 N–H and O–H groups in total. The lowest BCUT2D eigenvalue weighted by molar-refractivity contribution is 0.0702. The SMILES string of the molecule is O=C(O)c1ccc(NSc2csc(-c3ccc(F)cc3)n2)s1. The number of carbonyl (C=O) groups is 1. The van der Waals surface area contributed by atoms with E-state index in [-0.39, 0.29) is 10.7 Å². The van der Waals surface area contributed by atoms with E-state index in [2.05, 4.69) is 9.71 Å². The molecule has 3 rings (SSSR count). The van der Waals surface area contributed by atoms with E-state index in [1.807, 2.05) is 5.38 Å². The van der Waals surface area contributed by atoms with Crippen molar-refractivity contribution in [3.05, 3.63) is 52.5 Å². The van der Waals surface area contributed by atoms with E-state index in [9.17, 15) is 9.18 Å². The number of nitrogens with zero attached hydrogens (tertiary/aromatic N) is 1. The van der Waals surface area contributed by atoms with Gasteiger partial charge in [0.25, 0.3) is 0 Å². The zero-order valence-electron chi connectivity index (χ0n) is 10.9. The van der Waals surface area contributed by atoms with Crippen molar-refractivity contribution in [1.29, 1.82) is 0 Å². The van der Waals surface area contributed by atoms with Crippen LogP contribution in [0.2, 0.25) is 0 Å². The average molecular weight is 352 g/mol. The van der Waals surface area contributed by atoms with Crippen molar-refractivity contribution in [3.63, 3.8) is 0 Å². The maximum absolute atomic E-state index is 12.9. The Hall–Kier alpha value is -1.90. The third-order valence-corrected chi connectivity index (χ3v) is 5.55. The van der Waals surface area contributed by atoms with Gasteiger partial charge in [-0.3, -0.25) is 0 Å². The first-order chi connectivity index (χ1) is 10.6. The molecule has 2 heterocycles. The summed E-state index contributed by atoms with van der Waals surface area (Å²) in [5, 5.41) is 13.1. The highest BCUT2D eigenvalue weighted by Gasteiger charge is 2.09. The van der Waals surface area contributed by atoms with Gasteiger partial charge in [-0.1, -0.05) is 0 Å². The molecule has 0 bridgehead atoms. The number of carboxylic acids is 1. The Morgan fingerprint density at radius 2 is 2.00 bits per heavy atom. The molecule has 8 heteroatoms. The molecular formula is C14H9FN2O2S3. The van der Waals surface area contributed by atoms with Crippen LogP contribution in [-0.4, -0.2) is 16.1 Å². The molecule has 4 nitrogen and oxygen atoms in total. The molecule has 0 amide bonds. The molecule has 0 aliphatic rings. The summed E-state index contributed by atoms with van der Waals surface area (Å²) in [7, 11) is 0. The normalized spacial score (nSPS) is 10.6. The molecular weight excluding hydrogens is 343 g/mol. The Balaban J connectivity index is 1.66. The van der Waals surface area contributed by atoms with Gasteiger partial charge >= 0.3 is 5.97 Å². The smallest absolute Gasteiger partial charge is 0.345 e. The van der Waals surface area contributed by atoms with Gasteiger partial charge in [0.05, 0.1) is 5.00 Å². The highest BCUT2D eigenvalue weighted by molar-refractivity contribution is 8.00. The summed E-state index contributed by atoms with van der Waals surface area (Å²) in [5.74, 6) is -1.21. The molecule has 112 valence electrons. The van der Waals surface area contributed by atoms with Crippen LogP contribution in [0.25, 0.3) is 10.6 Å². The van der Waals surface area contributed by atoms with Crippen LogP contribution in [-0.2, 0) is 0 Å². The molecule has 1 aromatic carbocycles. The second-order valence-corrected chi connectivity index (χ2v) is 6.94. The van der Waals surface area contributed by atoms with Crippen molar-refractivity contribution < 1.29 is 14.3 Å². The number of thiazole rings is 1. The van der Waals surface area contributed by atoms with Crippen LogP contribution < -0.4 is 4.72 Å². The second-order valence-electron chi connectivity index (χ2n) is 4.17. The van der Waals surface area contributed by atoms with Crippen molar-refractivity contribution in [2.75, 3.05) is 4.72 Å². The molecule has 0 atom stereocenters. The number of thiophene rings is 1. The number of aromatic nitrogens is 1. The number of rotatable bonds is 5. The quantitative estimate of drug-likeness (QED) is 0.644. The highest BCUT2D eigenvalue weighted by atomic mass is 32.2. The predicted molar refractivity (Wildman–Crippen MR) is 88.3 cm³/mol. The molecule has 3 aromatic rings. The van der Waals surface area contributed by atoms with Gasteiger partial charge in [0.1, 0.15) is 20.7 Å². The van der Waals surface area contributed by atoms with Crippen LogP contribution in [0, 0.1) is 5.82 Å². The molecule has 0 saturated carbocycles. The standard InChI is InChI=1S/C14H9FN2O2S3/c15-9-3-1-8(2-4-9)13-16-12(7-20-13)22-17-11-6-5-10(21-11)14(18)19/h1-7,17H,(H,18,19). The van der Waals surface area contributed by atoms with Crippen LogP contribution in [0.3, 0.4) is 0 Å². The Bertz CT molecular complexity index is 799. The monoisotopic (exact) mass is 352 g/mol. The third-order valence-electron chi connectivity index (χ3n) is 2.65. The fourth-order valence-corrected chi connectivity index (χ4v) is 4.02. The molecule has 2 aromatic heterocycles. The first-order valence-electron chi connectivity index (χ1n) is 6.09. The number of benzene rings is 1. The number of carboxylic acid groups (broad SMARTS) is 1. The summed E-state index contributed by atoms with van der Waals surface area (Å²) in [5.41, 5.74) is 0.863. The summed E-state index contributed by atoms with van der Waals surface area (Å²) >= 11 is 3.95. The first-order valence-corrected chi connectivity index (χ1v) is 8.60. The second kappa shape index (κ2) is 6.47. The number of hydrogen-bond acceptors (Lipinski definition) is 6. The maximum atomic E-state index is 12.9. The minimum absolute atomic E-state index is 0.275. The van der Waals surface area contributed by atoms with E-state index in [0.717, 1.165) is 20.6 Å². The van der Waals surface area contributed by atoms with Gasteiger partial charge in [0.15, 0.2) is 0 Å². The third kappa shape index (κ3) is 3.46. The van der Waals surface area contributed by atoms with Crippen LogP contribution in [0.5, 0.6) is 0 Å². The van der Waals surface area contributed by atoms with Crippen molar-refractivity contribution >= 4 is 45.6 Å². The van der Waals surface area contributed by atoms with Crippen molar-refractivity contribution in [3.8, 4) is 10.6 Å². The van der Waals surface area contributed by atoms with E-state index in [1.54, 1.807) is 24.3 Å². The van der Waals surface area contributed by atoms with Crippen LogP contribution in [0.1, 0.15) is 9.67 Å². The average Bonchev–Trinajstić information content (AvgIpc) is 3.15. The molecule has 0 aliphatic heterocycles. The highest BCUT2D eigenvalue weighted by Crippen LogP contribution is 2.31. The number of hydrogen-bond donors (Lipinski definition) is 2. The van der Waals surface area contributed by atoms with Crippen molar-refractivity contribution in [2.24, 2.45) is 0 Å². The van der Waals surface area contributed by atoms with Gasteiger partial charge in [0.2, 0.25) is 0 Å². The molecule has 0 unspecified atom stereocenters. The number of halogens is 1. The van der Waals surface area contributed by atoms with Crippen LogP contribution in [0.4, 0.5) is 9.39 Å². The fraction of sp³-hybridized carbons (Fsp3) is 0. The summed E-state index contributed by atoms with van der Waals surface area (Å²) < 4.78 is 16.0. The molecule has 0 aliphatic carbocycles. The van der Waals surface area contributed by atoms with Crippen molar-refractivity contribution in [2.45, 2.75) is 5.03 Å². The number of aromatic carboxylic acids is 1. The maximum Gasteiger partial charge on any atom is 0.345 e. The Morgan fingerprint density at radius 3 is 2.68 bits per heavy atom. The largest absolute Gasteiger partial charge is 0.477 e. The minimum Gasteiger partial charge on any atom is -0.477 e. The van der Waals surface area contributed by atoms with Crippen LogP contribution >= 0.6 is 34.6 Å². The van der Waals surface area contributed by atoms with E-state index in [4.69, 9.17) is 5.11 Å². The van der Waals surface area contributed by atoms with Gasteiger partial charge in [-0.2, -0.15) is 0 Å². The topological polar surface area (TPSA) is 62.2 Å². The van der Waals surface area contributed by atoms with E-state index in [1.165, 1.54) is 46.8 Å². The molecule has 22 heavy (non-hydrogen) atoms. The summed E-state index contributed by atoms with van der Waals surface area (Å²) in [6.07, 6.45) is 0. The summed E-state index contributed by atoms with van der Waals surface area (Å²) in [6.45, 7) is 0. The van der Waals surface area contributed by atoms with Gasteiger partial charge in [-0.05, 0) is 36.4 Å². The van der Waals surface area contributed by atoms with Gasteiger partial charge in [-0.25, -0.2) is 14.2 Å². The lowest BCUT2D eigenvalue weighted by Crippen LogP contribution is -1.89. The van der Waals surface area contributed by atoms with E-state index in [0.29, 0.717) is 0 Å². The lowest BCUT2D eigenvalue weighted by atomic mass is 10.2. The first kappa shape index (κ1) is 15.0. The Labute approximate surface area is 137 Å². The number of anilines is 1. The number of nitrogens with one attached hydrogen (secondary N) is 1. The minimum atomic E-state index is -0.935. The van der Waals surface area contributed by atoms with E-state index < -0.39 is 5.97 Å². The van der Waals surface area contributed by atoms with E-state index >= 15 is 0 Å². The summed E-state index contributed by atoms with van der Waals surface area (Å²) in [6, 6.07) is 9.46. The molecule has 0 spiro atoms. The lowest BCUT2D eigenvalue weighted by Gasteiger charge is -1.98. The summed E-state index contributed by atoms with van der Waals surface area (Å²) in [4.78, 5) is 15.5. The zero-order chi connectivity index (χ0) is 15.5. The Kier molecular flexibility index (Phi) is 4.41. The molecule has 0 radical (unpaired) electrons. The van der Waals surface area contributed by atoms with Gasteiger partial charge in [0, 0.05) is 22.9 Å².